The third kappa shape index (κ3) is 6.32. The lowest BCUT2D eigenvalue weighted by Crippen LogP contribution is -2.47. The van der Waals surface area contributed by atoms with Gasteiger partial charge >= 0.3 is 0 Å². The number of aliphatic hydroxyl groups is 1. The summed E-state index contributed by atoms with van der Waals surface area (Å²) in [4.78, 5) is 14.4. The molecule has 5 nitrogen and oxygen atoms in total. The van der Waals surface area contributed by atoms with Crippen LogP contribution in [0.4, 0.5) is 0 Å². The summed E-state index contributed by atoms with van der Waals surface area (Å²) < 4.78 is 5.43. The van der Waals surface area contributed by atoms with E-state index < -0.39 is 6.10 Å². The van der Waals surface area contributed by atoms with Gasteiger partial charge in [-0.05, 0) is 51.6 Å². The summed E-state index contributed by atoms with van der Waals surface area (Å²) in [5.41, 5.74) is 0. The van der Waals surface area contributed by atoms with E-state index >= 15 is 0 Å². The van der Waals surface area contributed by atoms with Gasteiger partial charge in [0, 0.05) is 13.2 Å². The number of carbonyl (C=O) groups is 1. The van der Waals surface area contributed by atoms with Crippen molar-refractivity contribution in [3.05, 3.63) is 0 Å². The lowest BCUT2D eigenvalue weighted by molar-refractivity contribution is -0.126. The van der Waals surface area contributed by atoms with Gasteiger partial charge in [-0.15, -0.1) is 0 Å². The molecule has 21 heavy (non-hydrogen) atoms. The Balaban J connectivity index is 1.60. The van der Waals surface area contributed by atoms with Crippen molar-refractivity contribution in [1.82, 2.24) is 10.2 Å². The minimum atomic E-state index is -0.607. The van der Waals surface area contributed by atoms with Crippen molar-refractivity contribution in [2.24, 2.45) is 5.92 Å². The maximum absolute atomic E-state index is 12.1. The van der Waals surface area contributed by atoms with Gasteiger partial charge in [0.25, 0.3) is 0 Å². The van der Waals surface area contributed by atoms with E-state index in [4.69, 9.17) is 4.74 Å². The number of rotatable bonds is 8. The van der Waals surface area contributed by atoms with E-state index in [-0.39, 0.29) is 18.5 Å². The van der Waals surface area contributed by atoms with Crippen molar-refractivity contribution in [3.8, 4) is 0 Å². The molecule has 122 valence electrons. The highest BCUT2D eigenvalue weighted by Crippen LogP contribution is 2.28. The molecule has 0 aromatic heterocycles. The van der Waals surface area contributed by atoms with Gasteiger partial charge in [-0.25, -0.2) is 0 Å². The Bertz CT molecular complexity index is 313. The molecule has 1 aliphatic heterocycles. The summed E-state index contributed by atoms with van der Waals surface area (Å²) in [6.07, 6.45) is 6.78. The van der Waals surface area contributed by atoms with E-state index in [1.54, 1.807) is 0 Å². The van der Waals surface area contributed by atoms with Gasteiger partial charge in [0.2, 0.25) is 5.91 Å². The summed E-state index contributed by atoms with van der Waals surface area (Å²) in [7, 11) is 0. The first kappa shape index (κ1) is 16.7. The van der Waals surface area contributed by atoms with E-state index in [1.807, 2.05) is 6.92 Å². The zero-order chi connectivity index (χ0) is 15.1. The normalized spacial score (nSPS) is 23.3. The molecule has 0 aromatic rings. The first-order valence-corrected chi connectivity index (χ1v) is 8.44. The van der Waals surface area contributed by atoms with Gasteiger partial charge in [0.05, 0.1) is 18.8 Å². The number of likely N-dealkylation sites (tertiary alicyclic amines) is 1. The van der Waals surface area contributed by atoms with Crippen LogP contribution in [0.1, 0.15) is 45.4 Å². The van der Waals surface area contributed by atoms with Gasteiger partial charge in [0.1, 0.15) is 0 Å². The Morgan fingerprint density at radius 2 is 1.95 bits per heavy atom. The van der Waals surface area contributed by atoms with Gasteiger partial charge in [-0.3, -0.25) is 9.69 Å². The number of nitrogens with one attached hydrogen (secondary N) is 1. The molecule has 2 rings (SSSR count). The molecule has 2 atom stereocenters. The summed E-state index contributed by atoms with van der Waals surface area (Å²) in [5.74, 6) is 0.716. The molecule has 0 radical (unpaired) electrons. The number of hydrogen-bond donors (Lipinski definition) is 2. The molecular formula is C16H30N2O3. The van der Waals surface area contributed by atoms with Gasteiger partial charge in [-0.2, -0.15) is 0 Å². The average Bonchev–Trinajstić information content (AvgIpc) is 3.30. The van der Waals surface area contributed by atoms with Crippen LogP contribution in [0, 0.1) is 5.92 Å². The van der Waals surface area contributed by atoms with Crippen LogP contribution in [-0.2, 0) is 9.53 Å². The van der Waals surface area contributed by atoms with Crippen LogP contribution in [0.25, 0.3) is 0 Å². The number of aliphatic hydroxyl groups excluding tert-OH is 1. The SMILES string of the molecule is C[C@H](C(=O)NC[C@@H](O)COCC1CC1)N1CCCCCC1. The predicted octanol–water partition coefficient (Wildman–Crippen LogP) is 1.15. The number of amides is 1. The summed E-state index contributed by atoms with van der Waals surface area (Å²) in [6, 6.07) is -0.109. The topological polar surface area (TPSA) is 61.8 Å². The molecule has 1 saturated carbocycles. The number of nitrogens with zero attached hydrogens (tertiary/aromatic N) is 1. The fourth-order valence-electron chi connectivity index (χ4n) is 2.73. The molecular weight excluding hydrogens is 268 g/mol. The van der Waals surface area contributed by atoms with Crippen LogP contribution in [0.15, 0.2) is 0 Å². The second kappa shape index (κ2) is 8.71. The van der Waals surface area contributed by atoms with Crippen LogP contribution in [0.3, 0.4) is 0 Å². The molecule has 0 bridgehead atoms. The van der Waals surface area contributed by atoms with Crippen LogP contribution >= 0.6 is 0 Å². The Labute approximate surface area is 128 Å². The summed E-state index contributed by atoms with van der Waals surface area (Å²) >= 11 is 0. The number of carbonyl (C=O) groups excluding carboxylic acids is 1. The second-order valence-corrected chi connectivity index (χ2v) is 6.51. The maximum atomic E-state index is 12.1. The molecule has 5 heteroatoms. The lowest BCUT2D eigenvalue weighted by Gasteiger charge is -2.27. The molecule has 2 aliphatic rings. The largest absolute Gasteiger partial charge is 0.389 e. The van der Waals surface area contributed by atoms with Gasteiger partial charge in [0.15, 0.2) is 0 Å². The first-order chi connectivity index (χ1) is 10.2. The average molecular weight is 298 g/mol. The molecule has 1 heterocycles. The summed E-state index contributed by atoms with van der Waals surface area (Å²) in [6.45, 7) is 5.30. The molecule has 2 fully saturated rings. The highest BCUT2D eigenvalue weighted by Gasteiger charge is 2.23. The van der Waals surface area contributed by atoms with Gasteiger partial charge < -0.3 is 15.2 Å². The Morgan fingerprint density at radius 1 is 1.29 bits per heavy atom. The Kier molecular flexibility index (Phi) is 6.93. The fourth-order valence-corrected chi connectivity index (χ4v) is 2.73. The Hall–Kier alpha value is -0.650. The molecule has 0 spiro atoms. The second-order valence-electron chi connectivity index (χ2n) is 6.51. The molecule has 1 amide bonds. The third-order valence-electron chi connectivity index (χ3n) is 4.44. The quantitative estimate of drug-likeness (QED) is 0.706. The Morgan fingerprint density at radius 3 is 2.57 bits per heavy atom. The van der Waals surface area contributed by atoms with E-state index in [0.29, 0.717) is 12.5 Å². The van der Waals surface area contributed by atoms with E-state index in [1.165, 1.54) is 38.5 Å². The van der Waals surface area contributed by atoms with Crippen molar-refractivity contribution < 1.29 is 14.6 Å². The standard InChI is InChI=1S/C16H30N2O3/c1-13(18-8-4-2-3-5-9-18)16(20)17-10-15(19)12-21-11-14-6-7-14/h13-15,19H,2-12H2,1H3,(H,17,20)/t13-,15-/m1/s1. The number of hydrogen-bond acceptors (Lipinski definition) is 4. The fraction of sp³-hybridized carbons (Fsp3) is 0.938. The molecule has 0 aromatic carbocycles. The van der Waals surface area contributed by atoms with Gasteiger partial charge in [-0.1, -0.05) is 12.8 Å². The van der Waals surface area contributed by atoms with Crippen molar-refractivity contribution in [1.29, 1.82) is 0 Å². The van der Waals surface area contributed by atoms with Crippen molar-refractivity contribution in [2.75, 3.05) is 32.8 Å². The number of ether oxygens (including phenoxy) is 1. The minimum absolute atomic E-state index is 0.0122. The maximum Gasteiger partial charge on any atom is 0.237 e. The molecule has 0 unspecified atom stereocenters. The van der Waals surface area contributed by atoms with Crippen molar-refractivity contribution in [2.45, 2.75) is 57.6 Å². The molecule has 2 N–H and O–H groups in total. The van der Waals surface area contributed by atoms with Crippen LogP contribution in [0.2, 0.25) is 0 Å². The van der Waals surface area contributed by atoms with Crippen molar-refractivity contribution in [3.63, 3.8) is 0 Å². The van der Waals surface area contributed by atoms with Crippen LogP contribution < -0.4 is 5.32 Å². The monoisotopic (exact) mass is 298 g/mol. The van der Waals surface area contributed by atoms with Crippen LogP contribution in [0.5, 0.6) is 0 Å². The van der Waals surface area contributed by atoms with E-state index in [9.17, 15) is 9.90 Å². The predicted molar refractivity (Wildman–Crippen MR) is 82.1 cm³/mol. The molecule has 1 saturated heterocycles. The van der Waals surface area contributed by atoms with Crippen LogP contribution in [-0.4, -0.2) is 60.9 Å². The minimum Gasteiger partial charge on any atom is -0.389 e. The first-order valence-electron chi connectivity index (χ1n) is 8.44. The highest BCUT2D eigenvalue weighted by atomic mass is 16.5. The zero-order valence-corrected chi connectivity index (χ0v) is 13.2. The lowest BCUT2D eigenvalue weighted by atomic mass is 10.2. The molecule has 1 aliphatic carbocycles. The third-order valence-corrected chi connectivity index (χ3v) is 4.44. The smallest absolute Gasteiger partial charge is 0.237 e. The van der Waals surface area contributed by atoms with Crippen molar-refractivity contribution >= 4 is 5.91 Å². The zero-order valence-electron chi connectivity index (χ0n) is 13.2. The summed E-state index contributed by atoms with van der Waals surface area (Å²) in [5, 5.41) is 12.7. The highest BCUT2D eigenvalue weighted by molar-refractivity contribution is 5.81. The van der Waals surface area contributed by atoms with E-state index in [0.717, 1.165) is 19.7 Å². The van der Waals surface area contributed by atoms with E-state index in [2.05, 4.69) is 10.2 Å².